The summed E-state index contributed by atoms with van der Waals surface area (Å²) in [5.41, 5.74) is 1.10. The molecule has 4 aromatic rings. The summed E-state index contributed by atoms with van der Waals surface area (Å²) in [5.74, 6) is -0.662. The van der Waals surface area contributed by atoms with E-state index >= 15 is 0 Å². The van der Waals surface area contributed by atoms with Crippen molar-refractivity contribution >= 4 is 54.3 Å². The lowest BCUT2D eigenvalue weighted by atomic mass is 10.3. The maximum absolute atomic E-state index is 14.3. The van der Waals surface area contributed by atoms with Gasteiger partial charge in [-0.1, -0.05) is 52.3 Å². The van der Waals surface area contributed by atoms with Gasteiger partial charge in [0, 0.05) is 4.47 Å². The van der Waals surface area contributed by atoms with E-state index < -0.39 is 15.8 Å². The Morgan fingerprint density at radius 2 is 1.55 bits per heavy atom. The normalized spacial score (nSPS) is 11.4. The molecule has 0 amide bonds. The van der Waals surface area contributed by atoms with Crippen LogP contribution >= 0.6 is 15.9 Å². The minimum atomic E-state index is -4.03. The zero-order valence-corrected chi connectivity index (χ0v) is 17.2. The molecular weight excluding hydrogens is 459 g/mol. The predicted molar refractivity (Wildman–Crippen MR) is 114 cm³/mol. The molecule has 0 fully saturated rings. The molecule has 0 radical (unpaired) electrons. The van der Waals surface area contributed by atoms with Crippen molar-refractivity contribution < 1.29 is 12.8 Å². The maximum atomic E-state index is 14.3. The minimum Gasteiger partial charge on any atom is -0.431 e. The number of hydrogen-bond donors (Lipinski definition) is 1. The molecule has 1 N–H and O–H groups in total. The van der Waals surface area contributed by atoms with Crippen molar-refractivity contribution in [2.75, 3.05) is 5.32 Å². The van der Waals surface area contributed by atoms with Gasteiger partial charge in [0.2, 0.25) is 10.0 Å². The molecular formula is C20H13BrFN4O2S-. The van der Waals surface area contributed by atoms with Gasteiger partial charge in [-0.3, -0.25) is 0 Å². The highest BCUT2D eigenvalue weighted by Crippen LogP contribution is 2.35. The van der Waals surface area contributed by atoms with E-state index in [-0.39, 0.29) is 22.2 Å². The van der Waals surface area contributed by atoms with E-state index in [4.69, 9.17) is 0 Å². The summed E-state index contributed by atoms with van der Waals surface area (Å²) in [4.78, 5) is 8.75. The summed E-state index contributed by atoms with van der Waals surface area (Å²) in [6, 6.07) is 19.2. The van der Waals surface area contributed by atoms with Gasteiger partial charge in [-0.15, -0.1) is 0 Å². The smallest absolute Gasteiger partial charge is 0.202 e. The second-order valence-corrected chi connectivity index (χ2v) is 8.53. The van der Waals surface area contributed by atoms with Crippen molar-refractivity contribution in [2.24, 2.45) is 0 Å². The lowest BCUT2D eigenvalue weighted by Gasteiger charge is -2.21. The molecule has 29 heavy (non-hydrogen) atoms. The molecule has 0 saturated heterocycles. The summed E-state index contributed by atoms with van der Waals surface area (Å²) in [6.07, 6.45) is 0. The molecule has 0 bridgehead atoms. The predicted octanol–water partition coefficient (Wildman–Crippen LogP) is 5.67. The lowest BCUT2D eigenvalue weighted by Crippen LogP contribution is -2.03. The second-order valence-electron chi connectivity index (χ2n) is 6.01. The van der Waals surface area contributed by atoms with Crippen molar-refractivity contribution in [2.45, 2.75) is 4.90 Å². The van der Waals surface area contributed by atoms with Crippen LogP contribution in [0.2, 0.25) is 0 Å². The quantitative estimate of drug-likeness (QED) is 0.405. The molecule has 0 aliphatic heterocycles. The van der Waals surface area contributed by atoms with Crippen molar-refractivity contribution in [3.05, 3.63) is 87.8 Å². The molecule has 1 aromatic heterocycles. The fourth-order valence-electron chi connectivity index (χ4n) is 2.62. The molecule has 0 spiro atoms. The Bertz CT molecular complexity index is 1300. The Balaban J connectivity index is 1.80. The Labute approximate surface area is 175 Å². The van der Waals surface area contributed by atoms with Crippen molar-refractivity contribution in [3.63, 3.8) is 0 Å². The summed E-state index contributed by atoms with van der Waals surface area (Å²) in [6.45, 7) is 0. The fraction of sp³-hybridized carbons (Fsp3) is 0. The van der Waals surface area contributed by atoms with E-state index in [0.717, 1.165) is 0 Å². The van der Waals surface area contributed by atoms with E-state index in [1.54, 1.807) is 48.5 Å². The monoisotopic (exact) mass is 471 g/mol. The van der Waals surface area contributed by atoms with Gasteiger partial charge in [0.25, 0.3) is 0 Å². The number of anilines is 2. The standard InChI is InChI=1S/C20H13BrFN4O2S/c21-13-10-11-16(15(22)12-13)23-19-20(25-18-9-5-4-8-17(18)24-19)26-29(27,28)14-6-2-1-3-7-14/h1-12H,(H-,23,24,25,26)/q-1. The van der Waals surface area contributed by atoms with Crippen LogP contribution in [0.3, 0.4) is 0 Å². The number of hydrogen-bond acceptors (Lipinski definition) is 5. The maximum Gasteiger partial charge on any atom is 0.202 e. The van der Waals surface area contributed by atoms with E-state index in [0.29, 0.717) is 15.5 Å². The number of nitrogens with zero attached hydrogens (tertiary/aromatic N) is 3. The van der Waals surface area contributed by atoms with Gasteiger partial charge in [-0.25, -0.2) is 17.8 Å². The fourth-order valence-corrected chi connectivity index (χ4v) is 3.91. The molecule has 1 heterocycles. The van der Waals surface area contributed by atoms with Gasteiger partial charge in [0.1, 0.15) is 11.6 Å². The number of para-hydroxylation sites is 2. The molecule has 0 aliphatic rings. The Morgan fingerprint density at radius 3 is 2.24 bits per heavy atom. The van der Waals surface area contributed by atoms with E-state index in [1.807, 2.05) is 0 Å². The zero-order chi connectivity index (χ0) is 20.4. The SMILES string of the molecule is O=S(=O)([N-]c1nc2ccccc2nc1Nc1ccc(Br)cc1F)c1ccccc1. The molecule has 4 rings (SSSR count). The number of benzene rings is 3. The molecule has 6 nitrogen and oxygen atoms in total. The van der Waals surface area contributed by atoms with Crippen LogP contribution in [0.5, 0.6) is 0 Å². The van der Waals surface area contributed by atoms with Crippen LogP contribution in [0.4, 0.5) is 21.7 Å². The van der Waals surface area contributed by atoms with Gasteiger partial charge in [0.05, 0.1) is 16.1 Å². The number of nitrogens with one attached hydrogen (secondary N) is 1. The molecule has 0 unspecified atom stereocenters. The minimum absolute atomic E-state index is 0.0238. The highest BCUT2D eigenvalue weighted by atomic mass is 79.9. The number of fused-ring (bicyclic) bond motifs is 1. The number of halogens is 2. The van der Waals surface area contributed by atoms with E-state index in [2.05, 4.69) is 35.9 Å². The van der Waals surface area contributed by atoms with Crippen LogP contribution in [-0.4, -0.2) is 18.4 Å². The number of sulfonamides is 1. The summed E-state index contributed by atoms with van der Waals surface area (Å²) in [7, 11) is -4.03. The van der Waals surface area contributed by atoms with Crippen LogP contribution in [-0.2, 0) is 10.0 Å². The molecule has 9 heteroatoms. The average molecular weight is 472 g/mol. The third kappa shape index (κ3) is 4.20. The van der Waals surface area contributed by atoms with Crippen molar-refractivity contribution in [1.29, 1.82) is 0 Å². The Kier molecular flexibility index (Phi) is 5.16. The van der Waals surface area contributed by atoms with Crippen molar-refractivity contribution in [3.8, 4) is 0 Å². The van der Waals surface area contributed by atoms with E-state index in [9.17, 15) is 12.8 Å². The van der Waals surface area contributed by atoms with Crippen LogP contribution in [0.1, 0.15) is 0 Å². The Morgan fingerprint density at radius 1 is 0.897 bits per heavy atom. The molecule has 0 saturated carbocycles. The molecule has 146 valence electrons. The van der Waals surface area contributed by atoms with Crippen LogP contribution in [0, 0.1) is 5.82 Å². The van der Waals surface area contributed by atoms with Gasteiger partial charge < -0.3 is 15.0 Å². The number of rotatable bonds is 5. The van der Waals surface area contributed by atoms with E-state index in [1.165, 1.54) is 24.3 Å². The summed E-state index contributed by atoms with van der Waals surface area (Å²) < 4.78 is 44.1. The van der Waals surface area contributed by atoms with Crippen molar-refractivity contribution in [1.82, 2.24) is 9.97 Å². The molecule has 0 atom stereocenters. The molecule has 0 aliphatic carbocycles. The average Bonchev–Trinajstić information content (AvgIpc) is 2.71. The summed E-state index contributed by atoms with van der Waals surface area (Å²) in [5, 5.41) is 2.81. The van der Waals surface area contributed by atoms with Gasteiger partial charge in [-0.2, -0.15) is 0 Å². The second kappa shape index (κ2) is 7.76. The first-order valence-electron chi connectivity index (χ1n) is 8.44. The molecule has 3 aromatic carbocycles. The van der Waals surface area contributed by atoms with Gasteiger partial charge in [0.15, 0.2) is 0 Å². The third-order valence-electron chi connectivity index (χ3n) is 3.98. The first-order chi connectivity index (χ1) is 13.9. The Hall–Kier alpha value is -3.04. The third-order valence-corrected chi connectivity index (χ3v) is 5.76. The van der Waals surface area contributed by atoms with Gasteiger partial charge >= 0.3 is 0 Å². The zero-order valence-electron chi connectivity index (χ0n) is 14.8. The number of aromatic nitrogens is 2. The van der Waals surface area contributed by atoms with Crippen LogP contribution < -0.4 is 5.32 Å². The largest absolute Gasteiger partial charge is 0.431 e. The highest BCUT2D eigenvalue weighted by molar-refractivity contribution is 9.10. The first-order valence-corrected chi connectivity index (χ1v) is 10.7. The highest BCUT2D eigenvalue weighted by Gasteiger charge is 2.13. The van der Waals surface area contributed by atoms with Crippen LogP contribution in [0.25, 0.3) is 15.8 Å². The first kappa shape index (κ1) is 19.3. The topological polar surface area (TPSA) is 86.1 Å². The summed E-state index contributed by atoms with van der Waals surface area (Å²) >= 11 is 3.20. The van der Waals surface area contributed by atoms with Gasteiger partial charge in [-0.05, 0) is 47.7 Å². The van der Waals surface area contributed by atoms with Crippen LogP contribution in [0.15, 0.2) is 82.2 Å². The lowest BCUT2D eigenvalue weighted by molar-refractivity contribution is 0.603.